The van der Waals surface area contributed by atoms with E-state index >= 15 is 0 Å². The number of benzene rings is 3. The second-order valence-corrected chi connectivity index (χ2v) is 8.25. The van der Waals surface area contributed by atoms with Gasteiger partial charge in [0.15, 0.2) is 11.5 Å². The van der Waals surface area contributed by atoms with Gasteiger partial charge in [0, 0.05) is 22.8 Å². The number of anilines is 3. The van der Waals surface area contributed by atoms with Crippen molar-refractivity contribution in [1.29, 1.82) is 0 Å². The molecule has 0 aliphatic heterocycles. The molecule has 0 saturated carbocycles. The Bertz CT molecular complexity index is 1320. The Kier molecular flexibility index (Phi) is 7.01. The highest BCUT2D eigenvalue weighted by Crippen LogP contribution is 2.34. The minimum absolute atomic E-state index is 0. The second kappa shape index (κ2) is 9.71. The smallest absolute Gasteiger partial charge is 0.261 e. The molecule has 1 aromatic heterocycles. The van der Waals surface area contributed by atoms with Gasteiger partial charge >= 0.3 is 0 Å². The molecule has 166 valence electrons. The fourth-order valence-electron chi connectivity index (χ4n) is 3.06. The summed E-state index contributed by atoms with van der Waals surface area (Å²) in [6.45, 7) is 0. The van der Waals surface area contributed by atoms with Gasteiger partial charge in [-0.15, -0.1) is 12.4 Å². The summed E-state index contributed by atoms with van der Waals surface area (Å²) in [6.07, 6.45) is 1.44. The van der Waals surface area contributed by atoms with Gasteiger partial charge in [0.25, 0.3) is 10.0 Å². The summed E-state index contributed by atoms with van der Waals surface area (Å²) in [4.78, 5) is 8.74. The number of aromatic nitrogens is 2. The molecule has 4 rings (SSSR count). The predicted octanol–water partition coefficient (Wildman–Crippen LogP) is 4.61. The normalized spacial score (nSPS) is 10.8. The average molecular weight is 473 g/mol. The van der Waals surface area contributed by atoms with Crippen LogP contribution in [0.5, 0.6) is 11.5 Å². The summed E-state index contributed by atoms with van der Waals surface area (Å²) in [5, 5.41) is 3.94. The van der Waals surface area contributed by atoms with Crippen LogP contribution in [0, 0.1) is 0 Å². The molecule has 0 fully saturated rings. The molecule has 0 unspecified atom stereocenters. The molecular formula is C22H21ClN4O4S. The van der Waals surface area contributed by atoms with Crippen LogP contribution in [0.2, 0.25) is 0 Å². The van der Waals surface area contributed by atoms with Gasteiger partial charge in [0.1, 0.15) is 12.1 Å². The molecule has 1 heterocycles. The van der Waals surface area contributed by atoms with E-state index < -0.39 is 10.0 Å². The lowest BCUT2D eigenvalue weighted by atomic mass is 10.2. The van der Waals surface area contributed by atoms with E-state index in [1.54, 1.807) is 62.8 Å². The number of ether oxygens (including phenoxy) is 2. The Balaban J connectivity index is 0.00000289. The number of halogens is 1. The number of hydrogen-bond donors (Lipinski definition) is 2. The standard InChI is InChI=1S/C22H20N4O4S.ClH/c1-29-20-12-18-19(13-21(20)30-2)23-14-24-22(18)25-15-8-10-17(11-9-15)31(27,28)26-16-6-4-3-5-7-16;/h3-14,26H,1-2H3,(H,23,24,25);1H. The molecule has 0 aliphatic carbocycles. The maximum Gasteiger partial charge on any atom is 0.261 e. The molecule has 4 aromatic rings. The number of rotatable bonds is 7. The van der Waals surface area contributed by atoms with Gasteiger partial charge in [-0.05, 0) is 42.5 Å². The Morgan fingerprint density at radius 3 is 2.12 bits per heavy atom. The predicted molar refractivity (Wildman–Crippen MR) is 127 cm³/mol. The molecule has 0 atom stereocenters. The van der Waals surface area contributed by atoms with Gasteiger partial charge in [-0.2, -0.15) is 0 Å². The highest BCUT2D eigenvalue weighted by molar-refractivity contribution is 7.92. The largest absolute Gasteiger partial charge is 0.493 e. The van der Waals surface area contributed by atoms with Gasteiger partial charge < -0.3 is 14.8 Å². The van der Waals surface area contributed by atoms with Crippen molar-refractivity contribution < 1.29 is 17.9 Å². The van der Waals surface area contributed by atoms with E-state index in [0.29, 0.717) is 34.2 Å². The summed E-state index contributed by atoms with van der Waals surface area (Å²) in [5.74, 6) is 1.69. The topological polar surface area (TPSA) is 102 Å². The van der Waals surface area contributed by atoms with Gasteiger partial charge in [0.05, 0.1) is 24.6 Å². The van der Waals surface area contributed by atoms with Crippen LogP contribution < -0.4 is 19.5 Å². The molecule has 0 saturated heterocycles. The van der Waals surface area contributed by atoms with Crippen LogP contribution in [-0.4, -0.2) is 32.6 Å². The molecule has 0 aliphatic rings. The van der Waals surface area contributed by atoms with Crippen molar-refractivity contribution >= 4 is 50.5 Å². The van der Waals surface area contributed by atoms with Crippen molar-refractivity contribution in [2.24, 2.45) is 0 Å². The number of nitrogens with zero attached hydrogens (tertiary/aromatic N) is 2. The molecule has 2 N–H and O–H groups in total. The quantitative estimate of drug-likeness (QED) is 0.404. The summed E-state index contributed by atoms with van der Waals surface area (Å²) in [7, 11) is -0.568. The number of methoxy groups -OCH3 is 2. The zero-order valence-electron chi connectivity index (χ0n) is 17.3. The van der Waals surface area contributed by atoms with Crippen molar-refractivity contribution in [1.82, 2.24) is 9.97 Å². The molecule has 8 nitrogen and oxygen atoms in total. The van der Waals surface area contributed by atoms with Crippen LogP contribution in [0.4, 0.5) is 17.2 Å². The SMILES string of the molecule is COc1cc2ncnc(Nc3ccc(S(=O)(=O)Nc4ccccc4)cc3)c2cc1OC.Cl. The number of para-hydroxylation sites is 1. The Morgan fingerprint density at radius 1 is 0.812 bits per heavy atom. The van der Waals surface area contributed by atoms with E-state index in [1.807, 2.05) is 6.07 Å². The third-order valence-corrected chi connectivity index (χ3v) is 5.99. The summed E-state index contributed by atoms with van der Waals surface area (Å²) in [6, 6.07) is 18.7. The van der Waals surface area contributed by atoms with E-state index in [2.05, 4.69) is 20.0 Å². The first-order valence-corrected chi connectivity index (χ1v) is 10.8. The third kappa shape index (κ3) is 4.84. The van der Waals surface area contributed by atoms with Gasteiger partial charge in [-0.1, -0.05) is 18.2 Å². The first-order chi connectivity index (χ1) is 15.0. The summed E-state index contributed by atoms with van der Waals surface area (Å²) < 4.78 is 38.4. The second-order valence-electron chi connectivity index (χ2n) is 6.57. The van der Waals surface area contributed by atoms with E-state index in [0.717, 1.165) is 5.39 Å². The minimum Gasteiger partial charge on any atom is -0.493 e. The molecule has 3 aromatic carbocycles. The number of nitrogens with one attached hydrogen (secondary N) is 2. The molecular weight excluding hydrogens is 452 g/mol. The fraction of sp³-hybridized carbons (Fsp3) is 0.0909. The van der Waals surface area contributed by atoms with Crippen molar-refractivity contribution in [2.75, 3.05) is 24.3 Å². The number of fused-ring (bicyclic) bond motifs is 1. The highest BCUT2D eigenvalue weighted by Gasteiger charge is 2.15. The third-order valence-electron chi connectivity index (χ3n) is 4.59. The van der Waals surface area contributed by atoms with Crippen LogP contribution in [0.25, 0.3) is 10.9 Å². The van der Waals surface area contributed by atoms with Crippen molar-refractivity contribution in [2.45, 2.75) is 4.90 Å². The fourth-order valence-corrected chi connectivity index (χ4v) is 4.12. The van der Waals surface area contributed by atoms with Gasteiger partial charge in [-0.25, -0.2) is 18.4 Å². The average Bonchev–Trinajstić information content (AvgIpc) is 2.79. The monoisotopic (exact) mass is 472 g/mol. The molecule has 0 spiro atoms. The molecule has 32 heavy (non-hydrogen) atoms. The maximum atomic E-state index is 12.6. The molecule has 10 heteroatoms. The summed E-state index contributed by atoms with van der Waals surface area (Å²) in [5.41, 5.74) is 1.86. The van der Waals surface area contributed by atoms with Crippen molar-refractivity contribution in [3.8, 4) is 11.5 Å². The first-order valence-electron chi connectivity index (χ1n) is 9.32. The zero-order valence-corrected chi connectivity index (χ0v) is 18.9. The highest BCUT2D eigenvalue weighted by atomic mass is 35.5. The number of sulfonamides is 1. The van der Waals surface area contributed by atoms with Crippen LogP contribution in [-0.2, 0) is 10.0 Å². The van der Waals surface area contributed by atoms with Crippen LogP contribution in [0.3, 0.4) is 0 Å². The van der Waals surface area contributed by atoms with E-state index in [9.17, 15) is 8.42 Å². The van der Waals surface area contributed by atoms with E-state index in [1.165, 1.54) is 18.5 Å². The maximum absolute atomic E-state index is 12.6. The van der Waals surface area contributed by atoms with Crippen LogP contribution >= 0.6 is 12.4 Å². The Labute approximate surface area is 192 Å². The Morgan fingerprint density at radius 2 is 1.47 bits per heavy atom. The van der Waals surface area contributed by atoms with Gasteiger partial charge in [-0.3, -0.25) is 4.72 Å². The first kappa shape index (κ1) is 23.1. The molecule has 0 amide bonds. The number of hydrogen-bond acceptors (Lipinski definition) is 7. The Hall–Kier alpha value is -3.56. The van der Waals surface area contributed by atoms with Gasteiger partial charge in [0.2, 0.25) is 0 Å². The lowest BCUT2D eigenvalue weighted by molar-refractivity contribution is 0.356. The molecule has 0 bridgehead atoms. The van der Waals surface area contributed by atoms with E-state index in [-0.39, 0.29) is 17.3 Å². The zero-order chi connectivity index (χ0) is 21.8. The molecule has 0 radical (unpaired) electrons. The van der Waals surface area contributed by atoms with Crippen LogP contribution in [0.1, 0.15) is 0 Å². The minimum atomic E-state index is -3.69. The lowest BCUT2D eigenvalue weighted by Gasteiger charge is -2.12. The van der Waals surface area contributed by atoms with E-state index in [4.69, 9.17) is 9.47 Å². The van der Waals surface area contributed by atoms with Crippen molar-refractivity contribution in [3.05, 3.63) is 73.1 Å². The lowest BCUT2D eigenvalue weighted by Crippen LogP contribution is -2.12. The van der Waals surface area contributed by atoms with Crippen LogP contribution in [0.15, 0.2) is 78.0 Å². The summed E-state index contributed by atoms with van der Waals surface area (Å²) >= 11 is 0. The van der Waals surface area contributed by atoms with Crippen molar-refractivity contribution in [3.63, 3.8) is 0 Å².